The van der Waals surface area contributed by atoms with Gasteiger partial charge in [0.25, 0.3) is 0 Å². The van der Waals surface area contributed by atoms with Crippen LogP contribution in [-0.2, 0) is 6.42 Å². The topological polar surface area (TPSA) is 57.3 Å². The Morgan fingerprint density at radius 2 is 2.12 bits per heavy atom. The Bertz CT molecular complexity index is 666. The zero-order valence-corrected chi connectivity index (χ0v) is 15.0. The fourth-order valence-corrected chi connectivity index (χ4v) is 3.85. The Morgan fingerprint density at radius 1 is 1.33 bits per heavy atom. The molecule has 2 N–H and O–H groups in total. The molecule has 0 unspecified atom stereocenters. The lowest BCUT2D eigenvalue weighted by atomic mass is 10.3. The molecule has 1 aliphatic rings. The van der Waals surface area contributed by atoms with E-state index in [1.165, 1.54) is 10.6 Å². The van der Waals surface area contributed by atoms with E-state index >= 15 is 0 Å². The maximum absolute atomic E-state index is 12.0. The van der Waals surface area contributed by atoms with Crippen molar-refractivity contribution in [3.05, 3.63) is 45.9 Å². The number of benzene rings is 1. The van der Waals surface area contributed by atoms with E-state index < -0.39 is 0 Å². The van der Waals surface area contributed by atoms with Crippen LogP contribution >= 0.6 is 11.3 Å². The Labute approximate surface area is 147 Å². The molecule has 1 aromatic heterocycles. The van der Waals surface area contributed by atoms with E-state index in [1.807, 2.05) is 25.1 Å². The van der Waals surface area contributed by atoms with E-state index in [4.69, 9.17) is 0 Å². The molecule has 0 radical (unpaired) electrons. The number of aromatic nitrogens is 1. The molecule has 1 fully saturated rings. The third-order valence-corrected chi connectivity index (χ3v) is 5.47. The van der Waals surface area contributed by atoms with Gasteiger partial charge < -0.3 is 15.5 Å². The number of hydrogen-bond donors (Lipinski definition) is 2. The van der Waals surface area contributed by atoms with E-state index in [1.54, 1.807) is 11.3 Å². The van der Waals surface area contributed by atoms with Gasteiger partial charge in [0.05, 0.1) is 10.7 Å². The molecule has 0 aliphatic carbocycles. The van der Waals surface area contributed by atoms with E-state index in [-0.39, 0.29) is 12.1 Å². The molecular weight excluding hydrogens is 320 g/mol. The lowest BCUT2D eigenvalue weighted by Gasteiger charge is -2.19. The van der Waals surface area contributed by atoms with Crippen LogP contribution < -0.4 is 15.5 Å². The number of anilines is 1. The van der Waals surface area contributed by atoms with Crippen molar-refractivity contribution < 1.29 is 4.79 Å². The average Bonchev–Trinajstić information content (AvgIpc) is 3.15. The molecule has 2 heterocycles. The Hall–Kier alpha value is -2.08. The summed E-state index contributed by atoms with van der Waals surface area (Å²) in [4.78, 5) is 20.1. The number of para-hydroxylation sites is 1. The van der Waals surface area contributed by atoms with Crippen molar-refractivity contribution in [1.29, 1.82) is 0 Å². The highest BCUT2D eigenvalue weighted by Gasteiger charge is 2.23. The van der Waals surface area contributed by atoms with Gasteiger partial charge in [-0.3, -0.25) is 0 Å². The first kappa shape index (κ1) is 16.8. The minimum atomic E-state index is -0.0834. The predicted molar refractivity (Wildman–Crippen MR) is 98.9 cm³/mol. The normalized spacial score (nSPS) is 17.1. The van der Waals surface area contributed by atoms with E-state index in [0.29, 0.717) is 6.54 Å². The van der Waals surface area contributed by atoms with Crippen LogP contribution in [0.15, 0.2) is 30.3 Å². The van der Waals surface area contributed by atoms with Gasteiger partial charge in [-0.15, -0.1) is 11.3 Å². The van der Waals surface area contributed by atoms with E-state index in [9.17, 15) is 4.79 Å². The van der Waals surface area contributed by atoms with Crippen LogP contribution in [-0.4, -0.2) is 36.7 Å². The molecule has 24 heavy (non-hydrogen) atoms. The summed E-state index contributed by atoms with van der Waals surface area (Å²) in [5.41, 5.74) is 2.31. The summed E-state index contributed by atoms with van der Waals surface area (Å²) in [6.45, 7) is 6.56. The van der Waals surface area contributed by atoms with Crippen LogP contribution in [0, 0.1) is 13.8 Å². The van der Waals surface area contributed by atoms with Gasteiger partial charge in [0, 0.05) is 42.7 Å². The second-order valence-electron chi connectivity index (χ2n) is 6.17. The zero-order chi connectivity index (χ0) is 16.9. The Balaban J connectivity index is 1.39. The smallest absolute Gasteiger partial charge is 0.315 e. The summed E-state index contributed by atoms with van der Waals surface area (Å²) in [5.74, 6) is 0. The molecule has 5 nitrogen and oxygen atoms in total. The van der Waals surface area contributed by atoms with Gasteiger partial charge in [0.2, 0.25) is 0 Å². The number of rotatable bonds is 5. The van der Waals surface area contributed by atoms with Gasteiger partial charge in [0.15, 0.2) is 0 Å². The molecule has 1 atom stereocenters. The number of nitrogens with zero attached hydrogens (tertiary/aromatic N) is 2. The fraction of sp³-hybridized carbons (Fsp3) is 0.444. The largest absolute Gasteiger partial charge is 0.369 e. The second kappa shape index (κ2) is 7.66. The number of urea groups is 1. The third kappa shape index (κ3) is 4.26. The van der Waals surface area contributed by atoms with Crippen molar-refractivity contribution in [3.63, 3.8) is 0 Å². The Kier molecular flexibility index (Phi) is 5.35. The highest BCUT2D eigenvalue weighted by molar-refractivity contribution is 7.11. The lowest BCUT2D eigenvalue weighted by Crippen LogP contribution is -2.43. The number of hydrogen-bond acceptors (Lipinski definition) is 4. The molecule has 2 aromatic rings. The molecule has 1 saturated heterocycles. The SMILES string of the molecule is Cc1nc(CCNC(=O)N[C@H]2CCN(c3ccccc3)C2)sc1C. The molecule has 0 spiro atoms. The van der Waals surface area contributed by atoms with E-state index in [0.717, 1.165) is 36.6 Å². The summed E-state index contributed by atoms with van der Waals surface area (Å²) in [5, 5.41) is 7.10. The lowest BCUT2D eigenvalue weighted by molar-refractivity contribution is 0.238. The zero-order valence-electron chi connectivity index (χ0n) is 14.2. The maximum atomic E-state index is 12.0. The molecule has 1 aromatic carbocycles. The van der Waals surface area contributed by atoms with E-state index in [2.05, 4.69) is 39.6 Å². The van der Waals surface area contributed by atoms with Gasteiger partial charge in [-0.25, -0.2) is 9.78 Å². The minimum Gasteiger partial charge on any atom is -0.369 e. The van der Waals surface area contributed by atoms with Crippen molar-refractivity contribution in [2.45, 2.75) is 32.7 Å². The van der Waals surface area contributed by atoms with Crippen LogP contribution in [0.25, 0.3) is 0 Å². The molecule has 128 valence electrons. The van der Waals surface area contributed by atoms with Gasteiger partial charge in [0.1, 0.15) is 0 Å². The van der Waals surface area contributed by atoms with Crippen LogP contribution in [0.1, 0.15) is 22.0 Å². The van der Waals surface area contributed by atoms with Crippen molar-refractivity contribution in [1.82, 2.24) is 15.6 Å². The minimum absolute atomic E-state index is 0.0834. The molecule has 0 saturated carbocycles. The molecule has 2 amide bonds. The van der Waals surface area contributed by atoms with Crippen LogP contribution in [0.2, 0.25) is 0 Å². The summed E-state index contributed by atoms with van der Waals surface area (Å²) >= 11 is 1.71. The number of aryl methyl sites for hydroxylation is 2. The first-order valence-corrected chi connectivity index (χ1v) is 9.21. The maximum Gasteiger partial charge on any atom is 0.315 e. The van der Waals surface area contributed by atoms with Crippen LogP contribution in [0.3, 0.4) is 0 Å². The highest BCUT2D eigenvalue weighted by Crippen LogP contribution is 2.19. The van der Waals surface area contributed by atoms with Crippen molar-refractivity contribution in [2.75, 3.05) is 24.5 Å². The van der Waals surface area contributed by atoms with Gasteiger partial charge in [-0.2, -0.15) is 0 Å². The average molecular weight is 344 g/mol. The summed E-state index contributed by atoms with van der Waals surface area (Å²) in [7, 11) is 0. The predicted octanol–water partition coefficient (Wildman–Crippen LogP) is 2.88. The highest BCUT2D eigenvalue weighted by atomic mass is 32.1. The monoisotopic (exact) mass is 344 g/mol. The number of amides is 2. The summed E-state index contributed by atoms with van der Waals surface area (Å²) in [6, 6.07) is 10.5. The molecular formula is C18H24N4OS. The van der Waals surface area contributed by atoms with Gasteiger partial charge >= 0.3 is 6.03 Å². The number of nitrogens with one attached hydrogen (secondary N) is 2. The molecule has 1 aliphatic heterocycles. The first-order valence-electron chi connectivity index (χ1n) is 8.39. The third-order valence-electron chi connectivity index (χ3n) is 4.34. The Morgan fingerprint density at radius 3 is 2.83 bits per heavy atom. The quantitative estimate of drug-likeness (QED) is 0.877. The summed E-state index contributed by atoms with van der Waals surface area (Å²) < 4.78 is 0. The summed E-state index contributed by atoms with van der Waals surface area (Å²) in [6.07, 6.45) is 1.76. The van der Waals surface area contributed by atoms with Crippen molar-refractivity contribution in [2.24, 2.45) is 0 Å². The number of thiazole rings is 1. The van der Waals surface area contributed by atoms with Crippen LogP contribution in [0.4, 0.5) is 10.5 Å². The van der Waals surface area contributed by atoms with Gasteiger partial charge in [-0.1, -0.05) is 18.2 Å². The van der Waals surface area contributed by atoms with Crippen molar-refractivity contribution >= 4 is 23.1 Å². The van der Waals surface area contributed by atoms with Crippen LogP contribution in [0.5, 0.6) is 0 Å². The fourth-order valence-electron chi connectivity index (χ4n) is 2.92. The van der Waals surface area contributed by atoms with Gasteiger partial charge in [-0.05, 0) is 32.4 Å². The second-order valence-corrected chi connectivity index (χ2v) is 7.45. The molecule has 3 rings (SSSR count). The first-order chi connectivity index (χ1) is 11.6. The molecule has 6 heteroatoms. The number of carbonyl (C=O) groups excluding carboxylic acids is 1. The van der Waals surface area contributed by atoms with Crippen molar-refractivity contribution in [3.8, 4) is 0 Å². The standard InChI is InChI=1S/C18H24N4OS/c1-13-14(2)24-17(20-13)8-10-19-18(23)21-15-9-11-22(12-15)16-6-4-3-5-7-16/h3-7,15H,8-12H2,1-2H3,(H2,19,21,23)/t15-/m0/s1. The molecule has 0 bridgehead atoms. The number of carbonyl (C=O) groups is 1.